The van der Waals surface area contributed by atoms with Crippen LogP contribution in [0.2, 0.25) is 0 Å². The molecular formula is C9H15BrO2. The lowest BCUT2D eigenvalue weighted by molar-refractivity contribution is -0.137. The van der Waals surface area contributed by atoms with Gasteiger partial charge in [0.15, 0.2) is 0 Å². The molecule has 0 saturated carbocycles. The van der Waals surface area contributed by atoms with Crippen LogP contribution in [0.4, 0.5) is 0 Å². The number of allylic oxidation sites excluding steroid dienone is 1. The maximum Gasteiger partial charge on any atom is 0.344 e. The van der Waals surface area contributed by atoms with Crippen LogP contribution in [0.5, 0.6) is 0 Å². The molecule has 0 bridgehead atoms. The minimum absolute atomic E-state index is 0.279. The van der Waals surface area contributed by atoms with Crippen molar-refractivity contribution in [3.05, 3.63) is 10.6 Å². The van der Waals surface area contributed by atoms with E-state index in [0.717, 1.165) is 6.42 Å². The highest BCUT2D eigenvalue weighted by Crippen LogP contribution is 2.11. The fourth-order valence-electron chi connectivity index (χ4n) is 0.623. The summed E-state index contributed by atoms with van der Waals surface area (Å²) in [6.45, 7) is 6.41. The third kappa shape index (κ3) is 5.35. The molecule has 3 heteroatoms. The van der Waals surface area contributed by atoms with Gasteiger partial charge in [0.05, 0.1) is 11.1 Å². The highest BCUT2D eigenvalue weighted by Gasteiger charge is 2.05. The third-order valence-corrected chi connectivity index (χ3v) is 1.89. The first-order valence-corrected chi connectivity index (χ1v) is 4.90. The fraction of sp³-hybridized carbons (Fsp3) is 0.667. The van der Waals surface area contributed by atoms with Crippen molar-refractivity contribution in [3.8, 4) is 0 Å². The van der Waals surface area contributed by atoms with Gasteiger partial charge >= 0.3 is 5.97 Å². The highest BCUT2D eigenvalue weighted by atomic mass is 79.9. The van der Waals surface area contributed by atoms with Gasteiger partial charge in [-0.05, 0) is 35.2 Å². The first kappa shape index (κ1) is 11.7. The van der Waals surface area contributed by atoms with Crippen LogP contribution in [0.15, 0.2) is 10.6 Å². The van der Waals surface area contributed by atoms with E-state index < -0.39 is 0 Å². The van der Waals surface area contributed by atoms with Crippen LogP contribution in [0.25, 0.3) is 0 Å². The van der Waals surface area contributed by atoms with E-state index in [1.54, 1.807) is 6.92 Å². The third-order valence-electron chi connectivity index (χ3n) is 1.24. The Morgan fingerprint density at radius 1 is 1.58 bits per heavy atom. The standard InChI is InChI=1S/C9H15BrO2/c1-4-12-9(11)8(10)6-5-7(2)3/h6-7H,4-5H2,1-3H3/b8-6-. The Labute approximate surface area is 82.1 Å². The molecule has 0 atom stereocenters. The smallest absolute Gasteiger partial charge is 0.344 e. The molecule has 0 aliphatic carbocycles. The molecule has 0 aromatic rings. The molecule has 70 valence electrons. The van der Waals surface area contributed by atoms with Crippen LogP contribution in [-0.2, 0) is 9.53 Å². The monoisotopic (exact) mass is 234 g/mol. The number of hydrogen-bond acceptors (Lipinski definition) is 2. The van der Waals surface area contributed by atoms with E-state index in [1.807, 2.05) is 6.08 Å². The molecule has 0 N–H and O–H groups in total. The molecular weight excluding hydrogens is 220 g/mol. The maximum absolute atomic E-state index is 11.0. The van der Waals surface area contributed by atoms with E-state index in [2.05, 4.69) is 29.8 Å². The summed E-state index contributed by atoms with van der Waals surface area (Å²) in [7, 11) is 0. The van der Waals surface area contributed by atoms with E-state index in [0.29, 0.717) is 17.0 Å². The zero-order valence-corrected chi connectivity index (χ0v) is 9.35. The summed E-state index contributed by atoms with van der Waals surface area (Å²) < 4.78 is 5.31. The van der Waals surface area contributed by atoms with Gasteiger partial charge in [-0.2, -0.15) is 0 Å². The Bertz CT molecular complexity index is 173. The fourth-order valence-corrected chi connectivity index (χ4v) is 0.924. The molecule has 0 aromatic carbocycles. The molecule has 2 nitrogen and oxygen atoms in total. The zero-order chi connectivity index (χ0) is 9.56. The van der Waals surface area contributed by atoms with Gasteiger partial charge in [0.1, 0.15) is 0 Å². The minimum Gasteiger partial charge on any atom is -0.462 e. The average Bonchev–Trinajstić information content (AvgIpc) is 2.00. The Morgan fingerprint density at radius 2 is 2.17 bits per heavy atom. The summed E-state index contributed by atoms with van der Waals surface area (Å²) in [6.07, 6.45) is 2.74. The van der Waals surface area contributed by atoms with Gasteiger partial charge in [-0.15, -0.1) is 0 Å². The van der Waals surface area contributed by atoms with E-state index in [1.165, 1.54) is 0 Å². The number of carbonyl (C=O) groups excluding carboxylic acids is 1. The van der Waals surface area contributed by atoms with Crippen LogP contribution >= 0.6 is 15.9 Å². The second kappa shape index (κ2) is 6.23. The molecule has 0 aromatic heterocycles. The molecule has 0 fully saturated rings. The first-order valence-electron chi connectivity index (χ1n) is 4.10. The summed E-state index contributed by atoms with van der Waals surface area (Å²) in [5.74, 6) is 0.283. The van der Waals surface area contributed by atoms with E-state index in [-0.39, 0.29) is 5.97 Å². The number of esters is 1. The molecule has 0 aliphatic heterocycles. The van der Waals surface area contributed by atoms with E-state index in [4.69, 9.17) is 4.74 Å². The lowest BCUT2D eigenvalue weighted by atomic mass is 10.1. The van der Waals surface area contributed by atoms with Gasteiger partial charge in [-0.25, -0.2) is 4.79 Å². The van der Waals surface area contributed by atoms with E-state index in [9.17, 15) is 4.79 Å². The number of halogens is 1. The van der Waals surface area contributed by atoms with Crippen molar-refractivity contribution in [2.45, 2.75) is 27.2 Å². The second-order valence-electron chi connectivity index (χ2n) is 2.90. The summed E-state index contributed by atoms with van der Waals surface area (Å²) >= 11 is 3.16. The molecule has 0 aliphatic rings. The van der Waals surface area contributed by atoms with E-state index >= 15 is 0 Å². The predicted molar refractivity (Wildman–Crippen MR) is 53.1 cm³/mol. The molecule has 0 rings (SSSR count). The summed E-state index contributed by atoms with van der Waals surface area (Å²) in [5.41, 5.74) is 0. The van der Waals surface area contributed by atoms with Crippen LogP contribution < -0.4 is 0 Å². The Kier molecular flexibility index (Phi) is 6.07. The topological polar surface area (TPSA) is 26.3 Å². The van der Waals surface area contributed by atoms with Crippen LogP contribution in [0.1, 0.15) is 27.2 Å². The number of rotatable bonds is 4. The van der Waals surface area contributed by atoms with Crippen molar-refractivity contribution in [1.29, 1.82) is 0 Å². The normalized spacial score (nSPS) is 11.9. The van der Waals surface area contributed by atoms with Crippen molar-refractivity contribution < 1.29 is 9.53 Å². The van der Waals surface area contributed by atoms with Crippen molar-refractivity contribution in [2.75, 3.05) is 6.61 Å². The average molecular weight is 235 g/mol. The van der Waals surface area contributed by atoms with Crippen LogP contribution in [0, 0.1) is 5.92 Å². The summed E-state index contributed by atoms with van der Waals surface area (Å²) in [4.78, 5) is 11.0. The van der Waals surface area contributed by atoms with Gasteiger partial charge in [0, 0.05) is 0 Å². The van der Waals surface area contributed by atoms with Crippen molar-refractivity contribution in [3.63, 3.8) is 0 Å². The number of ether oxygens (including phenoxy) is 1. The van der Waals surface area contributed by atoms with Crippen molar-refractivity contribution in [2.24, 2.45) is 5.92 Å². The second-order valence-corrected chi connectivity index (χ2v) is 3.76. The lowest BCUT2D eigenvalue weighted by Gasteiger charge is -2.01. The van der Waals surface area contributed by atoms with Gasteiger partial charge in [-0.3, -0.25) is 0 Å². The highest BCUT2D eigenvalue weighted by molar-refractivity contribution is 9.12. The van der Waals surface area contributed by atoms with Crippen molar-refractivity contribution >= 4 is 21.9 Å². The van der Waals surface area contributed by atoms with Gasteiger partial charge in [0.2, 0.25) is 0 Å². The Balaban J connectivity index is 3.90. The molecule has 12 heavy (non-hydrogen) atoms. The molecule has 0 spiro atoms. The SMILES string of the molecule is CCOC(=O)/C(Br)=C/CC(C)C. The largest absolute Gasteiger partial charge is 0.462 e. The first-order chi connectivity index (χ1) is 5.57. The molecule has 0 amide bonds. The number of hydrogen-bond donors (Lipinski definition) is 0. The van der Waals surface area contributed by atoms with Crippen LogP contribution in [0.3, 0.4) is 0 Å². The Hall–Kier alpha value is -0.310. The zero-order valence-electron chi connectivity index (χ0n) is 7.76. The van der Waals surface area contributed by atoms with Gasteiger partial charge in [-0.1, -0.05) is 19.9 Å². The van der Waals surface area contributed by atoms with Crippen molar-refractivity contribution in [1.82, 2.24) is 0 Å². The number of carbonyl (C=O) groups is 1. The molecule has 0 heterocycles. The van der Waals surface area contributed by atoms with Crippen LogP contribution in [-0.4, -0.2) is 12.6 Å². The summed E-state index contributed by atoms with van der Waals surface area (Å²) in [6, 6.07) is 0. The molecule has 0 saturated heterocycles. The summed E-state index contributed by atoms with van der Waals surface area (Å²) in [5, 5.41) is 0. The predicted octanol–water partition coefficient (Wildman–Crippen LogP) is 2.87. The Morgan fingerprint density at radius 3 is 2.58 bits per heavy atom. The maximum atomic E-state index is 11.0. The quantitative estimate of drug-likeness (QED) is 0.553. The van der Waals surface area contributed by atoms with Gasteiger partial charge in [0.25, 0.3) is 0 Å². The molecule has 0 radical (unpaired) electrons. The minimum atomic E-state index is -0.279. The lowest BCUT2D eigenvalue weighted by Crippen LogP contribution is -2.03. The molecule has 0 unspecified atom stereocenters. The van der Waals surface area contributed by atoms with Gasteiger partial charge < -0.3 is 4.74 Å².